The molecule has 0 radical (unpaired) electrons. The first-order valence-electron chi connectivity index (χ1n) is 6.24. The molecule has 2 aromatic carbocycles. The summed E-state index contributed by atoms with van der Waals surface area (Å²) in [5.74, 6) is 1.01. The Balaban J connectivity index is 1.78. The number of thiophene rings is 1. The highest BCUT2D eigenvalue weighted by atomic mass is 32.2. The molecule has 1 heterocycles. The highest BCUT2D eigenvalue weighted by Crippen LogP contribution is 2.31. The van der Waals surface area contributed by atoms with Crippen molar-refractivity contribution in [1.29, 1.82) is 0 Å². The van der Waals surface area contributed by atoms with E-state index in [-0.39, 0.29) is 0 Å². The molecule has 0 aliphatic rings. The highest BCUT2D eigenvalue weighted by molar-refractivity contribution is 7.98. The topological polar surface area (TPSA) is 26.0 Å². The molecule has 1 nitrogen and oxygen atoms in total. The molecule has 3 rings (SSSR count). The quantitative estimate of drug-likeness (QED) is 0.706. The molecule has 0 aliphatic heterocycles. The maximum absolute atomic E-state index is 5.68. The zero-order valence-corrected chi connectivity index (χ0v) is 12.1. The second-order valence-corrected chi connectivity index (χ2v) is 6.36. The summed E-state index contributed by atoms with van der Waals surface area (Å²) in [6.07, 6.45) is 0. The van der Waals surface area contributed by atoms with Crippen LogP contribution in [0.4, 0.5) is 0 Å². The molecule has 0 amide bonds. The van der Waals surface area contributed by atoms with Gasteiger partial charge in [-0.05, 0) is 40.1 Å². The summed E-state index contributed by atoms with van der Waals surface area (Å²) in [6, 6.07) is 17.1. The lowest BCUT2D eigenvalue weighted by molar-refractivity contribution is 1.06. The van der Waals surface area contributed by atoms with Gasteiger partial charge in [-0.15, -0.1) is 23.1 Å². The summed E-state index contributed by atoms with van der Waals surface area (Å²) in [5.41, 5.74) is 8.29. The molecule has 2 N–H and O–H groups in total. The summed E-state index contributed by atoms with van der Waals surface area (Å²) < 4.78 is 1.37. The Morgan fingerprint density at radius 1 is 1.05 bits per heavy atom. The summed E-state index contributed by atoms with van der Waals surface area (Å²) in [6.45, 7) is 0.607. The van der Waals surface area contributed by atoms with Gasteiger partial charge in [-0.2, -0.15) is 0 Å². The lowest BCUT2D eigenvalue weighted by Crippen LogP contribution is -1.95. The molecule has 1 aromatic heterocycles. The van der Waals surface area contributed by atoms with Crippen molar-refractivity contribution in [1.82, 2.24) is 0 Å². The van der Waals surface area contributed by atoms with Gasteiger partial charge in [0.1, 0.15) is 0 Å². The largest absolute Gasteiger partial charge is 0.326 e. The summed E-state index contributed by atoms with van der Waals surface area (Å²) in [5, 5.41) is 3.65. The van der Waals surface area contributed by atoms with Crippen LogP contribution in [0.1, 0.15) is 11.1 Å². The van der Waals surface area contributed by atoms with Gasteiger partial charge in [-0.1, -0.05) is 30.3 Å². The van der Waals surface area contributed by atoms with Crippen LogP contribution in [-0.4, -0.2) is 0 Å². The third-order valence-electron chi connectivity index (χ3n) is 3.09. The van der Waals surface area contributed by atoms with Gasteiger partial charge in [-0.3, -0.25) is 0 Å². The normalized spacial score (nSPS) is 11.0. The minimum atomic E-state index is 0.607. The standard InChI is InChI=1S/C16H15NS2/c17-9-12-4-3-5-14(8-12)18-10-13-11-19-16-7-2-1-6-15(13)16/h1-8,11H,9-10,17H2. The van der Waals surface area contributed by atoms with E-state index in [0.717, 1.165) is 5.75 Å². The van der Waals surface area contributed by atoms with Gasteiger partial charge in [0.15, 0.2) is 0 Å². The van der Waals surface area contributed by atoms with E-state index >= 15 is 0 Å². The van der Waals surface area contributed by atoms with Crippen LogP contribution in [0.15, 0.2) is 58.8 Å². The second kappa shape index (κ2) is 5.78. The minimum Gasteiger partial charge on any atom is -0.326 e. The van der Waals surface area contributed by atoms with Crippen LogP contribution in [0, 0.1) is 0 Å². The third-order valence-corrected chi connectivity index (χ3v) is 5.14. The second-order valence-electron chi connectivity index (χ2n) is 4.40. The van der Waals surface area contributed by atoms with E-state index in [1.54, 1.807) is 0 Å². The number of fused-ring (bicyclic) bond motifs is 1. The summed E-state index contributed by atoms with van der Waals surface area (Å²) in [7, 11) is 0. The van der Waals surface area contributed by atoms with E-state index in [1.165, 1.54) is 26.1 Å². The average molecular weight is 285 g/mol. The van der Waals surface area contributed by atoms with Crippen molar-refractivity contribution in [2.75, 3.05) is 0 Å². The maximum atomic E-state index is 5.68. The molecule has 0 saturated carbocycles. The zero-order valence-electron chi connectivity index (χ0n) is 10.5. The molecule has 3 aromatic rings. The Labute approximate surface area is 121 Å². The van der Waals surface area contributed by atoms with Gasteiger partial charge >= 0.3 is 0 Å². The Morgan fingerprint density at radius 2 is 1.95 bits per heavy atom. The molecule has 0 fully saturated rings. The first-order valence-corrected chi connectivity index (χ1v) is 8.10. The van der Waals surface area contributed by atoms with E-state index < -0.39 is 0 Å². The molecule has 0 unspecified atom stereocenters. The molecule has 96 valence electrons. The lowest BCUT2D eigenvalue weighted by atomic mass is 10.2. The molecule has 0 atom stereocenters. The van der Waals surface area contributed by atoms with Crippen LogP contribution in [0.5, 0.6) is 0 Å². The molecular weight excluding hydrogens is 270 g/mol. The smallest absolute Gasteiger partial charge is 0.0345 e. The van der Waals surface area contributed by atoms with Crippen molar-refractivity contribution in [3.05, 3.63) is 65.0 Å². The number of hydrogen-bond donors (Lipinski definition) is 1. The van der Waals surface area contributed by atoms with Crippen molar-refractivity contribution in [2.24, 2.45) is 5.73 Å². The van der Waals surface area contributed by atoms with E-state index in [0.29, 0.717) is 6.54 Å². The van der Waals surface area contributed by atoms with Gasteiger partial charge in [0.05, 0.1) is 0 Å². The van der Waals surface area contributed by atoms with Crippen LogP contribution in [0.25, 0.3) is 10.1 Å². The van der Waals surface area contributed by atoms with E-state index in [2.05, 4.69) is 53.9 Å². The van der Waals surface area contributed by atoms with Crippen molar-refractivity contribution in [2.45, 2.75) is 17.2 Å². The van der Waals surface area contributed by atoms with Crippen LogP contribution < -0.4 is 5.73 Å². The van der Waals surface area contributed by atoms with Crippen molar-refractivity contribution >= 4 is 33.2 Å². The molecule has 0 saturated heterocycles. The Morgan fingerprint density at radius 3 is 2.84 bits per heavy atom. The summed E-state index contributed by atoms with van der Waals surface area (Å²) >= 11 is 3.70. The molecule has 0 aliphatic carbocycles. The predicted octanol–water partition coefficient (Wildman–Crippen LogP) is 4.65. The van der Waals surface area contributed by atoms with Crippen LogP contribution >= 0.6 is 23.1 Å². The van der Waals surface area contributed by atoms with Gasteiger partial charge in [-0.25, -0.2) is 0 Å². The monoisotopic (exact) mass is 285 g/mol. The fourth-order valence-corrected chi connectivity index (χ4v) is 4.11. The highest BCUT2D eigenvalue weighted by Gasteiger charge is 2.04. The van der Waals surface area contributed by atoms with E-state index in [1.807, 2.05) is 23.1 Å². The van der Waals surface area contributed by atoms with E-state index in [9.17, 15) is 0 Å². The number of hydrogen-bond acceptors (Lipinski definition) is 3. The van der Waals surface area contributed by atoms with Gasteiger partial charge in [0, 0.05) is 21.9 Å². The Bertz CT molecular complexity index is 688. The molecular formula is C16H15NS2. The number of thioether (sulfide) groups is 1. The number of benzene rings is 2. The van der Waals surface area contributed by atoms with Crippen LogP contribution in [0.3, 0.4) is 0 Å². The molecule has 0 bridgehead atoms. The van der Waals surface area contributed by atoms with Crippen LogP contribution in [0.2, 0.25) is 0 Å². The van der Waals surface area contributed by atoms with Crippen molar-refractivity contribution < 1.29 is 0 Å². The maximum Gasteiger partial charge on any atom is 0.0345 e. The van der Waals surface area contributed by atoms with Gasteiger partial charge in [0.2, 0.25) is 0 Å². The average Bonchev–Trinajstić information content (AvgIpc) is 2.89. The zero-order chi connectivity index (χ0) is 13.1. The molecule has 3 heteroatoms. The van der Waals surface area contributed by atoms with Crippen molar-refractivity contribution in [3.63, 3.8) is 0 Å². The lowest BCUT2D eigenvalue weighted by Gasteiger charge is -2.03. The summed E-state index contributed by atoms with van der Waals surface area (Å²) in [4.78, 5) is 1.29. The van der Waals surface area contributed by atoms with Crippen LogP contribution in [-0.2, 0) is 12.3 Å². The van der Waals surface area contributed by atoms with E-state index in [4.69, 9.17) is 5.73 Å². The first-order chi connectivity index (χ1) is 9.36. The molecule has 19 heavy (non-hydrogen) atoms. The SMILES string of the molecule is NCc1cccc(SCc2csc3ccccc23)c1. The Hall–Kier alpha value is -1.29. The fourth-order valence-electron chi connectivity index (χ4n) is 2.07. The van der Waals surface area contributed by atoms with Crippen molar-refractivity contribution in [3.8, 4) is 0 Å². The van der Waals surface area contributed by atoms with Gasteiger partial charge < -0.3 is 5.73 Å². The fraction of sp³-hybridized carbons (Fsp3) is 0.125. The van der Waals surface area contributed by atoms with Gasteiger partial charge in [0.25, 0.3) is 0 Å². The predicted molar refractivity (Wildman–Crippen MR) is 85.7 cm³/mol. The third kappa shape index (κ3) is 2.84. The number of nitrogens with two attached hydrogens (primary N) is 1. The molecule has 0 spiro atoms. The number of rotatable bonds is 4. The minimum absolute atomic E-state index is 0.607. The first kappa shape index (κ1) is 12.7. The Kier molecular flexibility index (Phi) is 3.87.